The average Bonchev–Trinajstić information content (AvgIpc) is 2.88. The standard InChI is InChI=1S/C15H33NO2Si/c1-8-16(14-11-9-10-12-14)19(17-6,18-7)15(4,5)13(2)3/h13-14H,8-12H2,1-7H3. The number of rotatable bonds is 7. The van der Waals surface area contributed by atoms with Crippen LogP contribution in [-0.2, 0) is 8.85 Å². The molecule has 3 nitrogen and oxygen atoms in total. The Morgan fingerprint density at radius 3 is 1.95 bits per heavy atom. The first-order valence-corrected chi connectivity index (χ1v) is 9.50. The fourth-order valence-corrected chi connectivity index (χ4v) is 7.81. The molecule has 0 spiro atoms. The van der Waals surface area contributed by atoms with Crippen molar-refractivity contribution in [3.63, 3.8) is 0 Å². The van der Waals surface area contributed by atoms with Gasteiger partial charge >= 0.3 is 8.72 Å². The highest BCUT2D eigenvalue weighted by molar-refractivity contribution is 6.67. The SMILES string of the molecule is CCN(C1CCCC1)[Si](OC)(OC)C(C)(C)C(C)C. The molecule has 1 rings (SSSR count). The molecule has 0 heterocycles. The number of hydrogen-bond donors (Lipinski definition) is 0. The highest BCUT2D eigenvalue weighted by Gasteiger charge is 2.59. The van der Waals surface area contributed by atoms with Crippen LogP contribution < -0.4 is 0 Å². The molecule has 1 saturated carbocycles. The molecule has 1 aliphatic rings. The van der Waals surface area contributed by atoms with E-state index >= 15 is 0 Å². The predicted molar refractivity (Wildman–Crippen MR) is 83.3 cm³/mol. The van der Waals surface area contributed by atoms with Crippen LogP contribution in [0.5, 0.6) is 0 Å². The van der Waals surface area contributed by atoms with E-state index in [2.05, 4.69) is 39.2 Å². The van der Waals surface area contributed by atoms with E-state index in [-0.39, 0.29) is 5.04 Å². The minimum absolute atomic E-state index is 0.0646. The van der Waals surface area contributed by atoms with Gasteiger partial charge in [-0.1, -0.05) is 47.5 Å². The summed E-state index contributed by atoms with van der Waals surface area (Å²) in [5.41, 5.74) is 0. The lowest BCUT2D eigenvalue weighted by Crippen LogP contribution is -2.67. The van der Waals surface area contributed by atoms with Gasteiger partial charge < -0.3 is 8.85 Å². The normalized spacial score (nSPS) is 18.8. The van der Waals surface area contributed by atoms with Crippen molar-refractivity contribution < 1.29 is 8.85 Å². The Kier molecular flexibility index (Phi) is 6.05. The third kappa shape index (κ3) is 2.92. The third-order valence-corrected chi connectivity index (χ3v) is 10.0. The molecule has 1 aliphatic carbocycles. The van der Waals surface area contributed by atoms with Crippen LogP contribution >= 0.6 is 0 Å². The van der Waals surface area contributed by atoms with Gasteiger partial charge in [-0.25, -0.2) is 0 Å². The van der Waals surface area contributed by atoms with E-state index in [0.717, 1.165) is 6.54 Å². The molecule has 4 heteroatoms. The van der Waals surface area contributed by atoms with Crippen LogP contribution in [0.1, 0.15) is 60.3 Å². The average molecular weight is 288 g/mol. The summed E-state index contributed by atoms with van der Waals surface area (Å²) in [7, 11) is 1.29. The van der Waals surface area contributed by atoms with Gasteiger partial charge in [-0.05, 0) is 25.3 Å². The van der Waals surface area contributed by atoms with Gasteiger partial charge in [0.1, 0.15) is 0 Å². The summed E-state index contributed by atoms with van der Waals surface area (Å²) in [6.07, 6.45) is 5.29. The summed E-state index contributed by atoms with van der Waals surface area (Å²) in [6.45, 7) is 12.5. The zero-order chi connectivity index (χ0) is 14.7. The largest absolute Gasteiger partial charge is 0.433 e. The van der Waals surface area contributed by atoms with Gasteiger partial charge in [0.2, 0.25) is 0 Å². The molecule has 19 heavy (non-hydrogen) atoms. The minimum atomic E-state index is -2.40. The fraction of sp³-hybridized carbons (Fsp3) is 1.00. The second-order valence-electron chi connectivity index (χ2n) is 6.59. The molecule has 0 radical (unpaired) electrons. The van der Waals surface area contributed by atoms with Gasteiger partial charge in [0.05, 0.1) is 0 Å². The molecule has 0 aromatic heterocycles. The molecule has 0 aromatic rings. The predicted octanol–water partition coefficient (Wildman–Crippen LogP) is 3.92. The maximum absolute atomic E-state index is 6.12. The lowest BCUT2D eigenvalue weighted by molar-refractivity contribution is 0.103. The van der Waals surface area contributed by atoms with Crippen molar-refractivity contribution in [2.45, 2.75) is 71.4 Å². The van der Waals surface area contributed by atoms with Crippen LogP contribution in [0.2, 0.25) is 5.04 Å². The molecule has 114 valence electrons. The first-order chi connectivity index (χ1) is 8.87. The fourth-order valence-electron chi connectivity index (χ4n) is 3.50. The molecule has 0 unspecified atom stereocenters. The lowest BCUT2D eigenvalue weighted by Gasteiger charge is -2.51. The van der Waals surface area contributed by atoms with Crippen LogP contribution in [0.15, 0.2) is 0 Å². The van der Waals surface area contributed by atoms with Crippen LogP contribution in [0.4, 0.5) is 0 Å². The summed E-state index contributed by atoms with van der Waals surface area (Å²) in [4.78, 5) is 0. The van der Waals surface area contributed by atoms with Crippen molar-refractivity contribution in [1.82, 2.24) is 4.57 Å². The second-order valence-corrected chi connectivity index (χ2v) is 10.4. The lowest BCUT2D eigenvalue weighted by atomic mass is 9.99. The third-order valence-electron chi connectivity index (χ3n) is 5.30. The molecule has 1 fully saturated rings. The second kappa shape index (κ2) is 6.70. The van der Waals surface area contributed by atoms with Crippen molar-refractivity contribution in [3.8, 4) is 0 Å². The van der Waals surface area contributed by atoms with E-state index in [1.54, 1.807) is 0 Å². The molecular weight excluding hydrogens is 254 g/mol. The topological polar surface area (TPSA) is 21.7 Å². The Hall–Kier alpha value is 0.0969. The van der Waals surface area contributed by atoms with E-state index in [1.165, 1.54) is 25.7 Å². The Balaban J connectivity index is 3.14. The molecular formula is C15H33NO2Si. The van der Waals surface area contributed by atoms with Crippen molar-refractivity contribution in [2.24, 2.45) is 5.92 Å². The maximum Gasteiger partial charge on any atom is 0.433 e. The van der Waals surface area contributed by atoms with Gasteiger partial charge in [-0.2, -0.15) is 0 Å². The highest BCUT2D eigenvalue weighted by Crippen LogP contribution is 2.48. The maximum atomic E-state index is 6.12. The number of nitrogens with zero attached hydrogens (tertiary/aromatic N) is 1. The highest BCUT2D eigenvalue weighted by atomic mass is 28.4. The van der Waals surface area contributed by atoms with Crippen LogP contribution in [0.25, 0.3) is 0 Å². The van der Waals surface area contributed by atoms with Gasteiger partial charge in [-0.15, -0.1) is 0 Å². The van der Waals surface area contributed by atoms with Crippen molar-refractivity contribution >= 4 is 8.72 Å². The van der Waals surface area contributed by atoms with Gasteiger partial charge in [-0.3, -0.25) is 4.57 Å². The smallest absolute Gasteiger partial charge is 0.386 e. The monoisotopic (exact) mass is 287 g/mol. The van der Waals surface area contributed by atoms with Crippen molar-refractivity contribution in [1.29, 1.82) is 0 Å². The molecule has 0 amide bonds. The summed E-state index contributed by atoms with van der Waals surface area (Å²) >= 11 is 0. The van der Waals surface area contributed by atoms with Crippen LogP contribution in [0, 0.1) is 5.92 Å². The summed E-state index contributed by atoms with van der Waals surface area (Å²) in [6, 6.07) is 0.648. The molecule has 0 N–H and O–H groups in total. The summed E-state index contributed by atoms with van der Waals surface area (Å²) in [5.74, 6) is 0.537. The Morgan fingerprint density at radius 1 is 1.16 bits per heavy atom. The van der Waals surface area contributed by atoms with Gasteiger partial charge in [0, 0.05) is 25.3 Å². The Bertz CT molecular complexity index is 271. The van der Waals surface area contributed by atoms with E-state index in [0.29, 0.717) is 12.0 Å². The first kappa shape index (κ1) is 17.1. The Morgan fingerprint density at radius 2 is 1.63 bits per heavy atom. The molecule has 0 atom stereocenters. The minimum Gasteiger partial charge on any atom is -0.386 e. The van der Waals surface area contributed by atoms with E-state index < -0.39 is 8.72 Å². The molecule has 0 saturated heterocycles. The van der Waals surface area contributed by atoms with E-state index in [1.807, 2.05) is 14.2 Å². The van der Waals surface area contributed by atoms with Crippen molar-refractivity contribution in [3.05, 3.63) is 0 Å². The number of hydrogen-bond acceptors (Lipinski definition) is 3. The van der Waals surface area contributed by atoms with E-state index in [9.17, 15) is 0 Å². The summed E-state index contributed by atoms with van der Waals surface area (Å²) < 4.78 is 14.8. The molecule has 0 bridgehead atoms. The quantitative estimate of drug-likeness (QED) is 0.663. The van der Waals surface area contributed by atoms with Gasteiger partial charge in [0.25, 0.3) is 0 Å². The zero-order valence-corrected chi connectivity index (χ0v) is 15.0. The first-order valence-electron chi connectivity index (χ1n) is 7.74. The van der Waals surface area contributed by atoms with Crippen molar-refractivity contribution in [2.75, 3.05) is 20.8 Å². The summed E-state index contributed by atoms with van der Waals surface area (Å²) in [5, 5.41) is 0.0646. The van der Waals surface area contributed by atoms with Crippen LogP contribution in [-0.4, -0.2) is 40.1 Å². The van der Waals surface area contributed by atoms with Gasteiger partial charge in [0.15, 0.2) is 0 Å². The molecule has 0 aliphatic heterocycles. The zero-order valence-electron chi connectivity index (χ0n) is 14.0. The molecule has 0 aromatic carbocycles. The van der Waals surface area contributed by atoms with E-state index in [4.69, 9.17) is 8.85 Å². The van der Waals surface area contributed by atoms with Crippen LogP contribution in [0.3, 0.4) is 0 Å². The Labute approximate surface area is 121 Å².